The molecule has 3 N–H and O–H groups in total. The number of carbonyl (C=O) groups is 2. The van der Waals surface area contributed by atoms with Crippen LogP contribution in [0.3, 0.4) is 0 Å². The third kappa shape index (κ3) is 6.03. The van der Waals surface area contributed by atoms with Crippen LogP contribution in [-0.2, 0) is 6.54 Å². The second kappa shape index (κ2) is 10.7. The highest BCUT2D eigenvalue weighted by atomic mass is 16.2. The molecule has 0 spiro atoms. The molecule has 160 valence electrons. The second-order valence-corrected chi connectivity index (χ2v) is 7.89. The summed E-state index contributed by atoms with van der Waals surface area (Å²) in [6.45, 7) is 3.11. The van der Waals surface area contributed by atoms with Crippen molar-refractivity contribution in [2.75, 3.05) is 26.7 Å². The number of benzene rings is 1. The van der Waals surface area contributed by atoms with Crippen LogP contribution in [0.5, 0.6) is 0 Å². The smallest absolute Gasteiger partial charge is 0.260 e. The highest BCUT2D eigenvalue weighted by molar-refractivity contribution is 5.99. The molecule has 30 heavy (non-hydrogen) atoms. The first kappa shape index (κ1) is 21.8. The molecule has 7 heteroatoms. The molecule has 0 aliphatic carbocycles. The van der Waals surface area contributed by atoms with Gasteiger partial charge in [0.25, 0.3) is 17.4 Å². The minimum absolute atomic E-state index is 0.0330. The van der Waals surface area contributed by atoms with Gasteiger partial charge in [-0.25, -0.2) is 0 Å². The van der Waals surface area contributed by atoms with Crippen molar-refractivity contribution in [2.24, 2.45) is 5.92 Å². The monoisotopic (exact) mass is 410 g/mol. The van der Waals surface area contributed by atoms with E-state index >= 15 is 0 Å². The van der Waals surface area contributed by atoms with Gasteiger partial charge in [0.2, 0.25) is 0 Å². The number of piperidine rings is 1. The number of nitrogens with zero attached hydrogens (tertiary/aromatic N) is 1. The SMILES string of the molecule is CN(Cc1ccccc1)C(=O)c1cc(C(=O)NCCCC2CCCNC2)c[nH]c1=O. The topological polar surface area (TPSA) is 94.3 Å². The van der Waals surface area contributed by atoms with E-state index in [0.717, 1.165) is 31.5 Å². The number of hydrogen-bond donors (Lipinski definition) is 3. The molecule has 2 heterocycles. The first-order valence-electron chi connectivity index (χ1n) is 10.6. The van der Waals surface area contributed by atoms with Gasteiger partial charge in [-0.2, -0.15) is 0 Å². The standard InChI is InChI=1S/C23H30N4O3/c1-27(16-18-7-3-2-4-8-18)23(30)20-13-19(15-26-22(20)29)21(28)25-12-6-10-17-9-5-11-24-14-17/h2-4,7-8,13,15,17,24H,5-6,9-12,14,16H2,1H3,(H,25,28)(H,26,29). The van der Waals surface area contributed by atoms with Gasteiger partial charge in [0, 0.05) is 26.3 Å². The normalized spacial score (nSPS) is 16.1. The minimum Gasteiger partial charge on any atom is -0.352 e. The van der Waals surface area contributed by atoms with E-state index in [-0.39, 0.29) is 17.0 Å². The molecule has 1 aromatic heterocycles. The van der Waals surface area contributed by atoms with Crippen LogP contribution in [0.2, 0.25) is 0 Å². The number of hydrogen-bond acceptors (Lipinski definition) is 4. The highest BCUT2D eigenvalue weighted by Gasteiger charge is 2.18. The maximum absolute atomic E-state index is 12.7. The number of aromatic amines is 1. The van der Waals surface area contributed by atoms with E-state index in [1.165, 1.54) is 30.0 Å². The molecule has 0 bridgehead atoms. The van der Waals surface area contributed by atoms with Crippen LogP contribution in [0.1, 0.15) is 52.0 Å². The van der Waals surface area contributed by atoms with Crippen molar-refractivity contribution < 1.29 is 9.59 Å². The Kier molecular flexibility index (Phi) is 7.79. The van der Waals surface area contributed by atoms with Crippen LogP contribution in [0.4, 0.5) is 0 Å². The van der Waals surface area contributed by atoms with Gasteiger partial charge in [-0.3, -0.25) is 14.4 Å². The number of H-pyrrole nitrogens is 1. The van der Waals surface area contributed by atoms with Gasteiger partial charge in [-0.1, -0.05) is 30.3 Å². The zero-order valence-electron chi connectivity index (χ0n) is 17.4. The Balaban J connectivity index is 1.56. The quantitative estimate of drug-likeness (QED) is 0.581. The van der Waals surface area contributed by atoms with Crippen molar-refractivity contribution in [3.8, 4) is 0 Å². The maximum Gasteiger partial charge on any atom is 0.260 e. The Bertz CT molecular complexity index is 904. The first-order chi connectivity index (χ1) is 14.5. The molecule has 1 fully saturated rings. The molecular formula is C23H30N4O3. The summed E-state index contributed by atoms with van der Waals surface area (Å²) in [5.74, 6) is -0.0274. The molecule has 0 saturated carbocycles. The average molecular weight is 411 g/mol. The van der Waals surface area contributed by atoms with E-state index in [9.17, 15) is 14.4 Å². The summed E-state index contributed by atoms with van der Waals surface area (Å²) in [4.78, 5) is 41.4. The lowest BCUT2D eigenvalue weighted by Gasteiger charge is -2.22. The average Bonchev–Trinajstić information content (AvgIpc) is 2.78. The summed E-state index contributed by atoms with van der Waals surface area (Å²) < 4.78 is 0. The minimum atomic E-state index is -0.499. The van der Waals surface area contributed by atoms with E-state index in [4.69, 9.17) is 0 Å². The van der Waals surface area contributed by atoms with E-state index in [2.05, 4.69) is 15.6 Å². The molecule has 2 aromatic rings. The number of rotatable bonds is 8. The van der Waals surface area contributed by atoms with E-state index in [1.807, 2.05) is 30.3 Å². The van der Waals surface area contributed by atoms with E-state index in [1.54, 1.807) is 7.05 Å². The fraction of sp³-hybridized carbons (Fsp3) is 0.435. The zero-order valence-corrected chi connectivity index (χ0v) is 17.4. The zero-order chi connectivity index (χ0) is 21.3. The summed E-state index contributed by atoms with van der Waals surface area (Å²) >= 11 is 0. The Hall–Kier alpha value is -2.93. The van der Waals surface area contributed by atoms with Crippen molar-refractivity contribution in [2.45, 2.75) is 32.2 Å². The van der Waals surface area contributed by atoms with Crippen molar-refractivity contribution in [3.63, 3.8) is 0 Å². The predicted molar refractivity (Wildman–Crippen MR) is 116 cm³/mol. The Morgan fingerprint density at radius 3 is 2.77 bits per heavy atom. The lowest BCUT2D eigenvalue weighted by molar-refractivity contribution is 0.0783. The molecule has 1 aliphatic heterocycles. The molecule has 1 saturated heterocycles. The number of aromatic nitrogens is 1. The van der Waals surface area contributed by atoms with Gasteiger partial charge in [0.15, 0.2) is 0 Å². The summed E-state index contributed by atoms with van der Waals surface area (Å²) in [6.07, 6.45) is 5.80. The molecule has 1 aromatic carbocycles. The van der Waals surface area contributed by atoms with Crippen LogP contribution in [-0.4, -0.2) is 48.4 Å². The fourth-order valence-electron chi connectivity index (χ4n) is 3.77. The first-order valence-corrected chi connectivity index (χ1v) is 10.6. The Labute approximate surface area is 176 Å². The number of carbonyl (C=O) groups excluding carboxylic acids is 2. The van der Waals surface area contributed by atoms with Gasteiger partial charge in [-0.15, -0.1) is 0 Å². The molecule has 1 unspecified atom stereocenters. The summed E-state index contributed by atoms with van der Waals surface area (Å²) in [6, 6.07) is 10.9. The Morgan fingerprint density at radius 2 is 2.03 bits per heavy atom. The molecule has 3 rings (SSSR count). The third-order valence-electron chi connectivity index (χ3n) is 5.48. The van der Waals surface area contributed by atoms with E-state index in [0.29, 0.717) is 19.0 Å². The van der Waals surface area contributed by atoms with Crippen molar-refractivity contribution in [3.05, 3.63) is 69.6 Å². The van der Waals surface area contributed by atoms with Crippen molar-refractivity contribution in [1.29, 1.82) is 0 Å². The number of pyridine rings is 1. The number of nitrogens with one attached hydrogen (secondary N) is 3. The van der Waals surface area contributed by atoms with Gasteiger partial charge >= 0.3 is 0 Å². The molecule has 0 radical (unpaired) electrons. The summed E-state index contributed by atoms with van der Waals surface area (Å²) in [7, 11) is 1.64. The van der Waals surface area contributed by atoms with Crippen LogP contribution in [0.15, 0.2) is 47.4 Å². The lowest BCUT2D eigenvalue weighted by atomic mass is 9.95. The fourth-order valence-corrected chi connectivity index (χ4v) is 3.77. The largest absolute Gasteiger partial charge is 0.352 e. The van der Waals surface area contributed by atoms with Crippen LogP contribution >= 0.6 is 0 Å². The second-order valence-electron chi connectivity index (χ2n) is 7.89. The molecule has 1 atom stereocenters. The van der Waals surface area contributed by atoms with Crippen molar-refractivity contribution >= 4 is 11.8 Å². The van der Waals surface area contributed by atoms with Crippen molar-refractivity contribution in [1.82, 2.24) is 20.5 Å². The van der Waals surface area contributed by atoms with Crippen LogP contribution in [0, 0.1) is 5.92 Å². The summed E-state index contributed by atoms with van der Waals surface area (Å²) in [5, 5.41) is 6.29. The third-order valence-corrected chi connectivity index (χ3v) is 5.48. The van der Waals surface area contributed by atoms with E-state index < -0.39 is 11.5 Å². The van der Waals surface area contributed by atoms with Gasteiger partial charge in [0.05, 0.1) is 5.56 Å². The van der Waals surface area contributed by atoms with Gasteiger partial charge in [-0.05, 0) is 56.3 Å². The molecule has 1 aliphatic rings. The number of amides is 2. The Morgan fingerprint density at radius 1 is 1.23 bits per heavy atom. The lowest BCUT2D eigenvalue weighted by Crippen LogP contribution is -2.33. The summed E-state index contributed by atoms with van der Waals surface area (Å²) in [5.41, 5.74) is 0.716. The van der Waals surface area contributed by atoms with Crippen LogP contribution < -0.4 is 16.2 Å². The van der Waals surface area contributed by atoms with Gasteiger partial charge in [0.1, 0.15) is 5.56 Å². The molecule has 7 nitrogen and oxygen atoms in total. The van der Waals surface area contributed by atoms with Crippen LogP contribution in [0.25, 0.3) is 0 Å². The molecule has 2 amide bonds. The highest BCUT2D eigenvalue weighted by Crippen LogP contribution is 2.15. The molecular weight excluding hydrogens is 380 g/mol. The predicted octanol–water partition coefficient (Wildman–Crippen LogP) is 2.16. The van der Waals surface area contributed by atoms with Gasteiger partial charge < -0.3 is 20.5 Å². The maximum atomic E-state index is 12.7.